The molecule has 0 fully saturated rings. The first-order valence-corrected chi connectivity index (χ1v) is 7.97. The van der Waals surface area contributed by atoms with Gasteiger partial charge in [0.25, 0.3) is 0 Å². The zero-order chi connectivity index (χ0) is 18.5. The molecule has 0 aliphatic carbocycles. The van der Waals surface area contributed by atoms with Crippen LogP contribution < -0.4 is 0 Å². The van der Waals surface area contributed by atoms with Crippen LogP contribution in [0.1, 0.15) is 20.7 Å². The van der Waals surface area contributed by atoms with Gasteiger partial charge in [-0.15, -0.1) is 0 Å². The number of aldehydes is 2. The van der Waals surface area contributed by atoms with Crippen molar-refractivity contribution in [1.29, 1.82) is 0 Å². The first-order valence-electron chi connectivity index (χ1n) is 7.97. The summed E-state index contributed by atoms with van der Waals surface area (Å²) in [5, 5.41) is 22.1. The predicted octanol–water partition coefficient (Wildman–Crippen LogP) is 4.72. The van der Waals surface area contributed by atoms with Gasteiger partial charge in [-0.2, -0.15) is 0 Å². The molecular formula is C22H16O4. The Balaban J connectivity index is 0.000000151. The summed E-state index contributed by atoms with van der Waals surface area (Å²) >= 11 is 0. The Bertz CT molecular complexity index is 1000. The number of benzene rings is 4. The van der Waals surface area contributed by atoms with E-state index in [0.717, 1.165) is 23.3 Å². The van der Waals surface area contributed by atoms with Crippen molar-refractivity contribution in [2.75, 3.05) is 0 Å². The summed E-state index contributed by atoms with van der Waals surface area (Å²) in [4.78, 5) is 21.3. The Morgan fingerprint density at radius 2 is 0.885 bits per heavy atom. The second kappa shape index (κ2) is 7.49. The molecule has 4 aromatic carbocycles. The van der Waals surface area contributed by atoms with Gasteiger partial charge in [0.15, 0.2) is 12.6 Å². The summed E-state index contributed by atoms with van der Waals surface area (Å²) < 4.78 is 0. The van der Waals surface area contributed by atoms with Crippen molar-refractivity contribution in [3.8, 4) is 11.5 Å². The average Bonchev–Trinajstić information content (AvgIpc) is 2.68. The molecule has 0 bridgehead atoms. The molecule has 4 heteroatoms. The predicted molar refractivity (Wildman–Crippen MR) is 102 cm³/mol. The highest BCUT2D eigenvalue weighted by Crippen LogP contribution is 2.27. The second-order valence-electron chi connectivity index (χ2n) is 5.68. The molecule has 0 radical (unpaired) electrons. The SMILES string of the molecule is O=Cc1cccc2cccc(O)c12.O=Cc1cccc2cccc(O)c12. The van der Waals surface area contributed by atoms with Crippen LogP contribution in [0.3, 0.4) is 0 Å². The lowest BCUT2D eigenvalue weighted by molar-refractivity contribution is 0.111. The van der Waals surface area contributed by atoms with E-state index < -0.39 is 0 Å². The molecule has 4 aromatic rings. The van der Waals surface area contributed by atoms with Crippen molar-refractivity contribution in [3.63, 3.8) is 0 Å². The smallest absolute Gasteiger partial charge is 0.150 e. The van der Waals surface area contributed by atoms with Crippen molar-refractivity contribution in [1.82, 2.24) is 0 Å². The van der Waals surface area contributed by atoms with Gasteiger partial charge in [0.2, 0.25) is 0 Å². The fourth-order valence-corrected chi connectivity index (χ4v) is 2.90. The third-order valence-corrected chi connectivity index (χ3v) is 4.08. The maximum absolute atomic E-state index is 10.7. The molecule has 128 valence electrons. The first-order chi connectivity index (χ1) is 12.7. The third-order valence-electron chi connectivity index (χ3n) is 4.08. The van der Waals surface area contributed by atoms with E-state index in [1.165, 1.54) is 0 Å². The highest BCUT2D eigenvalue weighted by atomic mass is 16.3. The maximum Gasteiger partial charge on any atom is 0.150 e. The van der Waals surface area contributed by atoms with Crippen LogP contribution in [-0.2, 0) is 0 Å². The zero-order valence-corrected chi connectivity index (χ0v) is 13.8. The molecule has 0 saturated carbocycles. The van der Waals surface area contributed by atoms with Crippen LogP contribution >= 0.6 is 0 Å². The number of phenols is 2. The Labute approximate surface area is 149 Å². The minimum atomic E-state index is 0.153. The Kier molecular flexibility index (Phi) is 4.94. The van der Waals surface area contributed by atoms with E-state index in [0.29, 0.717) is 21.9 Å². The van der Waals surface area contributed by atoms with Crippen molar-refractivity contribution < 1.29 is 19.8 Å². The van der Waals surface area contributed by atoms with Crippen molar-refractivity contribution in [2.45, 2.75) is 0 Å². The molecule has 4 nitrogen and oxygen atoms in total. The summed E-state index contributed by atoms with van der Waals surface area (Å²) in [6.45, 7) is 0. The largest absolute Gasteiger partial charge is 0.507 e. The van der Waals surface area contributed by atoms with Crippen LogP contribution in [0.4, 0.5) is 0 Å². The molecule has 0 unspecified atom stereocenters. The molecular weight excluding hydrogens is 328 g/mol. The molecule has 0 amide bonds. The monoisotopic (exact) mass is 344 g/mol. The zero-order valence-electron chi connectivity index (χ0n) is 13.8. The van der Waals surface area contributed by atoms with Crippen molar-refractivity contribution in [2.24, 2.45) is 0 Å². The van der Waals surface area contributed by atoms with E-state index in [9.17, 15) is 19.8 Å². The Hall–Kier alpha value is -3.66. The molecule has 0 saturated heterocycles. The minimum Gasteiger partial charge on any atom is -0.507 e. The Morgan fingerprint density at radius 3 is 1.23 bits per heavy atom. The van der Waals surface area contributed by atoms with Crippen LogP contribution in [0.25, 0.3) is 21.5 Å². The van der Waals surface area contributed by atoms with E-state index in [1.807, 2.05) is 24.3 Å². The topological polar surface area (TPSA) is 74.6 Å². The van der Waals surface area contributed by atoms with Crippen molar-refractivity contribution >= 4 is 34.1 Å². The fourth-order valence-electron chi connectivity index (χ4n) is 2.90. The van der Waals surface area contributed by atoms with Gasteiger partial charge in [0, 0.05) is 21.9 Å². The van der Waals surface area contributed by atoms with Gasteiger partial charge in [-0.1, -0.05) is 60.7 Å². The van der Waals surface area contributed by atoms with Gasteiger partial charge in [-0.05, 0) is 22.9 Å². The number of aromatic hydroxyl groups is 2. The highest BCUT2D eigenvalue weighted by Gasteiger charge is 2.04. The normalized spacial score (nSPS) is 10.2. The number of hydrogen-bond acceptors (Lipinski definition) is 4. The lowest BCUT2D eigenvalue weighted by atomic mass is 10.0. The molecule has 4 rings (SSSR count). The third kappa shape index (κ3) is 3.26. The van der Waals surface area contributed by atoms with Gasteiger partial charge in [-0.3, -0.25) is 9.59 Å². The summed E-state index contributed by atoms with van der Waals surface area (Å²) in [6, 6.07) is 21.1. The second-order valence-corrected chi connectivity index (χ2v) is 5.68. The van der Waals surface area contributed by atoms with E-state index >= 15 is 0 Å². The number of hydrogen-bond donors (Lipinski definition) is 2. The van der Waals surface area contributed by atoms with Gasteiger partial charge in [0.1, 0.15) is 11.5 Å². The van der Waals surface area contributed by atoms with Crippen LogP contribution in [0, 0.1) is 0 Å². The molecule has 0 spiro atoms. The quantitative estimate of drug-likeness (QED) is 0.516. The van der Waals surface area contributed by atoms with E-state index in [1.54, 1.807) is 48.5 Å². The minimum absolute atomic E-state index is 0.153. The van der Waals surface area contributed by atoms with Gasteiger partial charge in [-0.25, -0.2) is 0 Å². The fraction of sp³-hybridized carbons (Fsp3) is 0. The van der Waals surface area contributed by atoms with Crippen LogP contribution in [0.2, 0.25) is 0 Å². The van der Waals surface area contributed by atoms with Crippen LogP contribution in [0.15, 0.2) is 72.8 Å². The number of fused-ring (bicyclic) bond motifs is 2. The molecule has 0 atom stereocenters. The molecule has 0 aliphatic rings. The van der Waals surface area contributed by atoms with E-state index in [-0.39, 0.29) is 11.5 Å². The lowest BCUT2D eigenvalue weighted by Gasteiger charge is -2.02. The maximum atomic E-state index is 10.7. The van der Waals surface area contributed by atoms with Gasteiger partial charge >= 0.3 is 0 Å². The van der Waals surface area contributed by atoms with Crippen molar-refractivity contribution in [3.05, 3.63) is 83.9 Å². The van der Waals surface area contributed by atoms with E-state index in [2.05, 4.69) is 0 Å². The van der Waals surface area contributed by atoms with Gasteiger partial charge < -0.3 is 10.2 Å². The summed E-state index contributed by atoms with van der Waals surface area (Å²) in [5.41, 5.74) is 1.05. The molecule has 0 aromatic heterocycles. The summed E-state index contributed by atoms with van der Waals surface area (Å²) in [7, 11) is 0. The molecule has 26 heavy (non-hydrogen) atoms. The van der Waals surface area contributed by atoms with E-state index in [4.69, 9.17) is 0 Å². The number of rotatable bonds is 2. The lowest BCUT2D eigenvalue weighted by Crippen LogP contribution is -1.82. The van der Waals surface area contributed by atoms with Crippen LogP contribution in [0.5, 0.6) is 11.5 Å². The summed E-state index contributed by atoms with van der Waals surface area (Å²) in [6.07, 6.45) is 1.50. The molecule has 0 aliphatic heterocycles. The number of carbonyl (C=O) groups is 2. The molecule has 0 heterocycles. The molecule has 2 N–H and O–H groups in total. The first kappa shape index (κ1) is 17.2. The standard InChI is InChI=1S/2C11H8O2/c2*12-7-9-5-1-3-8-4-2-6-10(13)11(8)9/h2*1-7,13H. The number of carbonyl (C=O) groups excluding carboxylic acids is 2. The Morgan fingerprint density at radius 1 is 0.538 bits per heavy atom. The average molecular weight is 344 g/mol. The summed E-state index contributed by atoms with van der Waals surface area (Å²) in [5.74, 6) is 0.306. The van der Waals surface area contributed by atoms with Gasteiger partial charge in [0.05, 0.1) is 0 Å². The number of phenolic OH excluding ortho intramolecular Hbond substituents is 2. The highest BCUT2D eigenvalue weighted by molar-refractivity contribution is 6.02. The van der Waals surface area contributed by atoms with Crippen LogP contribution in [-0.4, -0.2) is 22.8 Å².